The second kappa shape index (κ2) is 17.3. The molecule has 0 bridgehead atoms. The van der Waals surface area contributed by atoms with E-state index in [0.29, 0.717) is 6.42 Å². The zero-order valence-corrected chi connectivity index (χ0v) is 19.1. The highest BCUT2D eigenvalue weighted by molar-refractivity contribution is 5.92. The van der Waals surface area contributed by atoms with E-state index in [1.165, 1.54) is 0 Å². The number of rotatable bonds is 14. The van der Waals surface area contributed by atoms with Crippen LogP contribution in [0.25, 0.3) is 0 Å². The van der Waals surface area contributed by atoms with Gasteiger partial charge in [-0.1, -0.05) is 85.9 Å². The van der Waals surface area contributed by atoms with Crippen molar-refractivity contribution in [1.29, 1.82) is 0 Å². The number of allylic oxidation sites excluding steroid dienone is 10. The SMILES string of the molecule is CC/C=C\C/C=C\C/C=C\C/C=C\C/C=C\CCCC(=O)Nc1c(C)cccc1C. The molecule has 162 valence electrons. The first kappa shape index (κ1) is 25.4. The fourth-order valence-electron chi connectivity index (χ4n) is 2.96. The van der Waals surface area contributed by atoms with Crippen LogP contribution in [0.5, 0.6) is 0 Å². The summed E-state index contributed by atoms with van der Waals surface area (Å²) in [4.78, 5) is 12.1. The summed E-state index contributed by atoms with van der Waals surface area (Å²) in [7, 11) is 0. The van der Waals surface area contributed by atoms with Crippen molar-refractivity contribution in [2.24, 2.45) is 0 Å². The van der Waals surface area contributed by atoms with E-state index in [1.54, 1.807) is 0 Å². The van der Waals surface area contributed by atoms with Crippen molar-refractivity contribution in [3.05, 3.63) is 90.1 Å². The van der Waals surface area contributed by atoms with Crippen LogP contribution in [-0.4, -0.2) is 5.91 Å². The van der Waals surface area contributed by atoms with E-state index >= 15 is 0 Å². The van der Waals surface area contributed by atoms with Crippen LogP contribution in [-0.2, 0) is 4.79 Å². The van der Waals surface area contributed by atoms with E-state index in [9.17, 15) is 4.79 Å². The summed E-state index contributed by atoms with van der Waals surface area (Å²) in [5, 5.41) is 3.05. The molecule has 0 aliphatic carbocycles. The Balaban J connectivity index is 2.06. The molecule has 0 spiro atoms. The fraction of sp³-hybridized carbons (Fsp3) is 0.393. The number of anilines is 1. The first-order valence-electron chi connectivity index (χ1n) is 11.3. The van der Waals surface area contributed by atoms with Gasteiger partial charge in [-0.25, -0.2) is 0 Å². The van der Waals surface area contributed by atoms with Gasteiger partial charge in [0.15, 0.2) is 0 Å². The number of unbranched alkanes of at least 4 members (excludes halogenated alkanes) is 1. The van der Waals surface area contributed by atoms with Gasteiger partial charge in [0, 0.05) is 12.1 Å². The van der Waals surface area contributed by atoms with Gasteiger partial charge >= 0.3 is 0 Å². The first-order valence-corrected chi connectivity index (χ1v) is 11.3. The average molecular weight is 406 g/mol. The van der Waals surface area contributed by atoms with Crippen molar-refractivity contribution in [1.82, 2.24) is 0 Å². The molecular weight excluding hydrogens is 366 g/mol. The molecule has 0 saturated carbocycles. The molecule has 0 radical (unpaired) electrons. The number of carbonyl (C=O) groups is 1. The van der Waals surface area contributed by atoms with Crippen molar-refractivity contribution in [3.63, 3.8) is 0 Å². The van der Waals surface area contributed by atoms with Crippen LogP contribution in [0.2, 0.25) is 0 Å². The highest BCUT2D eigenvalue weighted by atomic mass is 16.1. The van der Waals surface area contributed by atoms with Crippen molar-refractivity contribution < 1.29 is 4.79 Å². The van der Waals surface area contributed by atoms with Crippen LogP contribution >= 0.6 is 0 Å². The Morgan fingerprint density at radius 2 is 1.23 bits per heavy atom. The molecule has 1 N–H and O–H groups in total. The third kappa shape index (κ3) is 12.8. The summed E-state index contributed by atoms with van der Waals surface area (Å²) in [5.74, 6) is 0.0970. The molecule has 1 aromatic rings. The third-order valence-corrected chi connectivity index (χ3v) is 4.68. The van der Waals surface area contributed by atoms with Gasteiger partial charge in [-0.05, 0) is 69.9 Å². The Morgan fingerprint density at radius 1 is 0.767 bits per heavy atom. The van der Waals surface area contributed by atoms with Crippen LogP contribution in [0.15, 0.2) is 79.0 Å². The molecule has 2 heteroatoms. The van der Waals surface area contributed by atoms with Crippen LogP contribution in [0.3, 0.4) is 0 Å². The second-order valence-electron chi connectivity index (χ2n) is 7.42. The number of aryl methyl sites for hydroxylation is 2. The van der Waals surface area contributed by atoms with Crippen molar-refractivity contribution in [3.8, 4) is 0 Å². The maximum atomic E-state index is 12.1. The van der Waals surface area contributed by atoms with Gasteiger partial charge in [0.1, 0.15) is 0 Å². The zero-order chi connectivity index (χ0) is 21.9. The molecule has 30 heavy (non-hydrogen) atoms. The minimum atomic E-state index is 0.0970. The van der Waals surface area contributed by atoms with Gasteiger partial charge < -0.3 is 5.32 Å². The Kier molecular flexibility index (Phi) is 14.6. The molecular formula is C28H39NO. The Bertz CT molecular complexity index is 730. The molecule has 1 amide bonds. The Morgan fingerprint density at radius 3 is 1.73 bits per heavy atom. The fourth-order valence-corrected chi connectivity index (χ4v) is 2.96. The monoisotopic (exact) mass is 405 g/mol. The average Bonchev–Trinajstić information content (AvgIpc) is 2.73. The number of para-hydroxylation sites is 1. The van der Waals surface area contributed by atoms with E-state index in [1.807, 2.05) is 32.0 Å². The van der Waals surface area contributed by atoms with E-state index in [4.69, 9.17) is 0 Å². The number of benzene rings is 1. The molecule has 0 aromatic heterocycles. The molecule has 2 nitrogen and oxygen atoms in total. The first-order chi connectivity index (χ1) is 14.6. The lowest BCUT2D eigenvalue weighted by Crippen LogP contribution is -2.12. The van der Waals surface area contributed by atoms with E-state index < -0.39 is 0 Å². The predicted molar refractivity (Wildman–Crippen MR) is 133 cm³/mol. The molecule has 0 aliphatic heterocycles. The predicted octanol–water partition coefficient (Wildman–Crippen LogP) is 8.16. The number of amides is 1. The highest BCUT2D eigenvalue weighted by Gasteiger charge is 2.06. The zero-order valence-electron chi connectivity index (χ0n) is 19.1. The highest BCUT2D eigenvalue weighted by Crippen LogP contribution is 2.19. The maximum absolute atomic E-state index is 12.1. The number of hydrogen-bond donors (Lipinski definition) is 1. The summed E-state index contributed by atoms with van der Waals surface area (Å²) in [6.07, 6.45) is 29.4. The summed E-state index contributed by atoms with van der Waals surface area (Å²) in [5.41, 5.74) is 3.18. The smallest absolute Gasteiger partial charge is 0.224 e. The van der Waals surface area contributed by atoms with Crippen molar-refractivity contribution >= 4 is 11.6 Å². The van der Waals surface area contributed by atoms with Gasteiger partial charge in [0.2, 0.25) is 5.91 Å². The molecule has 0 unspecified atom stereocenters. The van der Waals surface area contributed by atoms with Gasteiger partial charge in [-0.15, -0.1) is 0 Å². The lowest BCUT2D eigenvalue weighted by Gasteiger charge is -2.11. The largest absolute Gasteiger partial charge is 0.326 e. The van der Waals surface area contributed by atoms with E-state index in [2.05, 4.69) is 73.0 Å². The molecule has 0 saturated heterocycles. The van der Waals surface area contributed by atoms with Crippen LogP contribution in [0.1, 0.15) is 69.4 Å². The number of nitrogens with one attached hydrogen (secondary N) is 1. The summed E-state index contributed by atoms with van der Waals surface area (Å²) in [6.45, 7) is 6.21. The Hall–Kier alpha value is -2.61. The molecule has 0 fully saturated rings. The molecule has 1 aromatic carbocycles. The van der Waals surface area contributed by atoms with Crippen LogP contribution in [0, 0.1) is 13.8 Å². The van der Waals surface area contributed by atoms with Gasteiger partial charge in [-0.2, -0.15) is 0 Å². The van der Waals surface area contributed by atoms with Crippen LogP contribution < -0.4 is 5.32 Å². The lowest BCUT2D eigenvalue weighted by atomic mass is 10.1. The van der Waals surface area contributed by atoms with Crippen molar-refractivity contribution in [2.45, 2.75) is 72.1 Å². The number of carbonyl (C=O) groups excluding carboxylic acids is 1. The lowest BCUT2D eigenvalue weighted by molar-refractivity contribution is -0.116. The van der Waals surface area contributed by atoms with Gasteiger partial charge in [-0.3, -0.25) is 4.79 Å². The number of hydrogen-bond acceptors (Lipinski definition) is 1. The molecule has 1 rings (SSSR count). The molecule has 0 aliphatic rings. The second-order valence-corrected chi connectivity index (χ2v) is 7.42. The minimum absolute atomic E-state index is 0.0970. The third-order valence-electron chi connectivity index (χ3n) is 4.68. The maximum Gasteiger partial charge on any atom is 0.224 e. The normalized spacial score (nSPS) is 12.4. The van der Waals surface area contributed by atoms with E-state index in [0.717, 1.165) is 61.8 Å². The van der Waals surface area contributed by atoms with Crippen molar-refractivity contribution in [2.75, 3.05) is 5.32 Å². The summed E-state index contributed by atoms with van der Waals surface area (Å²) in [6, 6.07) is 6.07. The topological polar surface area (TPSA) is 29.1 Å². The van der Waals surface area contributed by atoms with E-state index in [-0.39, 0.29) is 5.91 Å². The summed E-state index contributed by atoms with van der Waals surface area (Å²) >= 11 is 0. The van der Waals surface area contributed by atoms with Gasteiger partial charge in [0.05, 0.1) is 0 Å². The van der Waals surface area contributed by atoms with Gasteiger partial charge in [0.25, 0.3) is 0 Å². The quantitative estimate of drug-likeness (QED) is 0.245. The summed E-state index contributed by atoms with van der Waals surface area (Å²) < 4.78 is 0. The molecule has 0 heterocycles. The Labute approximate surface area is 184 Å². The molecule has 0 atom stereocenters. The standard InChI is InChI=1S/C28H39NO/c1-4-5-6-7-8-9-10-11-12-13-14-15-16-17-18-19-20-24-27(30)29-28-25(2)22-21-23-26(28)3/h5-6,8-9,11-12,14-15,17-18,21-23H,4,7,10,13,16,19-20,24H2,1-3H3,(H,29,30)/b6-5-,9-8-,12-11-,15-14-,18-17-. The minimum Gasteiger partial charge on any atom is -0.326 e. The van der Waals surface area contributed by atoms with Crippen LogP contribution in [0.4, 0.5) is 5.69 Å².